The number of aromatic nitrogens is 1. The maximum absolute atomic E-state index is 10.3. The Labute approximate surface area is 162 Å². The van der Waals surface area contributed by atoms with Crippen molar-refractivity contribution in [3.05, 3.63) is 53.7 Å². The average molecular weight is 377 g/mol. The lowest BCUT2D eigenvalue weighted by molar-refractivity contribution is -0.00000758. The second kappa shape index (κ2) is 9.76. The van der Waals surface area contributed by atoms with E-state index in [1.165, 1.54) is 5.56 Å². The molecule has 0 saturated carbocycles. The maximum atomic E-state index is 10.3. The minimum absolute atomic E-state index is 0. The van der Waals surface area contributed by atoms with Crippen molar-refractivity contribution in [3.63, 3.8) is 0 Å². The van der Waals surface area contributed by atoms with Crippen molar-refractivity contribution in [1.82, 2.24) is 9.88 Å². The van der Waals surface area contributed by atoms with E-state index in [2.05, 4.69) is 27.8 Å². The second-order valence-corrected chi connectivity index (χ2v) is 6.64. The Morgan fingerprint density at radius 3 is 2.54 bits per heavy atom. The molecule has 1 fully saturated rings. The van der Waals surface area contributed by atoms with Gasteiger partial charge in [0.25, 0.3) is 0 Å². The summed E-state index contributed by atoms with van der Waals surface area (Å²) in [5.74, 6) is 1.89. The normalized spacial score (nSPS) is 16.0. The Hall–Kier alpha value is -1.82. The number of nitrogens with zero attached hydrogens (tertiary/aromatic N) is 3. The Kier molecular flexibility index (Phi) is 7.69. The number of benzene rings is 1. The van der Waals surface area contributed by atoms with Crippen LogP contribution in [0, 0.1) is 13.8 Å². The lowest BCUT2D eigenvalue weighted by atomic mass is 10.1. The summed E-state index contributed by atoms with van der Waals surface area (Å²) in [5.41, 5.74) is 2.34. The average Bonchev–Trinajstić information content (AvgIpc) is 2.64. The molecule has 0 aliphatic carbocycles. The van der Waals surface area contributed by atoms with Crippen molar-refractivity contribution in [2.45, 2.75) is 20.0 Å². The fraction of sp³-hybridized carbons (Fsp3) is 0.450. The molecule has 26 heavy (non-hydrogen) atoms. The van der Waals surface area contributed by atoms with Gasteiger partial charge in [-0.15, -0.1) is 0 Å². The first-order valence-corrected chi connectivity index (χ1v) is 8.89. The van der Waals surface area contributed by atoms with Gasteiger partial charge in [0.2, 0.25) is 0 Å². The van der Waals surface area contributed by atoms with Crippen LogP contribution in [0.1, 0.15) is 11.1 Å². The van der Waals surface area contributed by atoms with Gasteiger partial charge in [0.05, 0.1) is 0 Å². The van der Waals surface area contributed by atoms with E-state index in [-0.39, 0.29) is 12.4 Å². The van der Waals surface area contributed by atoms with E-state index in [1.807, 2.05) is 43.5 Å². The third-order valence-corrected chi connectivity index (χ3v) is 4.80. The Balaban J connectivity index is 0.00000243. The Morgan fingerprint density at radius 2 is 1.85 bits per heavy atom. The molecule has 2 heterocycles. The molecule has 142 valence electrons. The molecule has 0 spiro atoms. The predicted octanol–water partition coefficient (Wildman–Crippen LogP) is -0.736. The summed E-state index contributed by atoms with van der Waals surface area (Å²) in [4.78, 5) is 8.98. The summed E-state index contributed by atoms with van der Waals surface area (Å²) < 4.78 is 5.81. The fourth-order valence-corrected chi connectivity index (χ4v) is 3.12. The molecule has 1 aromatic carbocycles. The van der Waals surface area contributed by atoms with E-state index in [1.54, 1.807) is 0 Å². The summed E-state index contributed by atoms with van der Waals surface area (Å²) in [6.07, 6.45) is 1.34. The topological polar surface area (TPSA) is 48.8 Å². The number of rotatable bonds is 6. The molecule has 3 rings (SSSR count). The molecule has 1 unspecified atom stereocenters. The number of aliphatic hydroxyl groups is 1. The van der Waals surface area contributed by atoms with Gasteiger partial charge in [-0.2, -0.15) is 0 Å². The van der Waals surface area contributed by atoms with E-state index in [9.17, 15) is 5.11 Å². The highest BCUT2D eigenvalue weighted by atomic mass is 35.5. The van der Waals surface area contributed by atoms with Gasteiger partial charge in [-0.25, -0.2) is 4.98 Å². The van der Waals surface area contributed by atoms with Crippen LogP contribution in [0.5, 0.6) is 5.75 Å². The minimum atomic E-state index is -0.485. The Morgan fingerprint density at radius 1 is 1.08 bits per heavy atom. The highest BCUT2D eigenvalue weighted by Crippen LogP contribution is 2.20. The molecule has 0 radical (unpaired) electrons. The van der Waals surface area contributed by atoms with Gasteiger partial charge in [0.1, 0.15) is 24.3 Å². The zero-order valence-electron chi connectivity index (χ0n) is 15.4. The maximum Gasteiger partial charge on any atom is 0.128 e. The highest BCUT2D eigenvalue weighted by Gasteiger charge is 2.20. The monoisotopic (exact) mass is 376 g/mol. The van der Waals surface area contributed by atoms with Crippen molar-refractivity contribution in [3.8, 4) is 5.75 Å². The number of hydrogen-bond donors (Lipinski definition) is 1. The largest absolute Gasteiger partial charge is 1.00 e. The van der Waals surface area contributed by atoms with Crippen LogP contribution in [-0.4, -0.2) is 60.4 Å². The number of anilines is 1. The molecule has 0 amide bonds. The first kappa shape index (κ1) is 20.5. The number of piperazine rings is 1. The zero-order valence-corrected chi connectivity index (χ0v) is 16.2. The van der Waals surface area contributed by atoms with Gasteiger partial charge in [0.15, 0.2) is 0 Å². The Bertz CT molecular complexity index is 676. The van der Waals surface area contributed by atoms with E-state index in [4.69, 9.17) is 4.74 Å². The molecule has 1 aromatic heterocycles. The predicted molar refractivity (Wildman–Crippen MR) is 100 cm³/mol. The number of ether oxygens (including phenoxy) is 1. The summed E-state index contributed by atoms with van der Waals surface area (Å²) in [6.45, 7) is 8.80. The number of aliphatic hydroxyl groups excluding tert-OH is 1. The van der Waals surface area contributed by atoms with Gasteiger partial charge in [-0.05, 0) is 43.2 Å². The van der Waals surface area contributed by atoms with Gasteiger partial charge >= 0.3 is 0 Å². The first-order chi connectivity index (χ1) is 12.1. The molecule has 5 nitrogen and oxygen atoms in total. The van der Waals surface area contributed by atoms with Crippen LogP contribution in [0.4, 0.5) is 5.82 Å². The second-order valence-electron chi connectivity index (χ2n) is 6.64. The number of hydrogen-bond acceptors (Lipinski definition) is 5. The summed E-state index contributed by atoms with van der Waals surface area (Å²) in [5, 5.41) is 10.3. The summed E-state index contributed by atoms with van der Waals surface area (Å²) >= 11 is 0. The SMILES string of the molecule is Cc1cccc(OCC(O)CN2CCN(c3ccccn3)CC2)c1C.[Cl-]. The summed E-state index contributed by atoms with van der Waals surface area (Å²) in [7, 11) is 0. The number of aryl methyl sites for hydroxylation is 1. The third kappa shape index (κ3) is 5.34. The fourth-order valence-electron chi connectivity index (χ4n) is 3.12. The summed E-state index contributed by atoms with van der Waals surface area (Å²) in [6, 6.07) is 12.0. The molecule has 2 aromatic rings. The van der Waals surface area contributed by atoms with E-state index >= 15 is 0 Å². The number of β-amino-alcohol motifs (C(OH)–C–C–N with tert-alkyl or cyclic N) is 1. The zero-order chi connectivity index (χ0) is 17.6. The first-order valence-electron chi connectivity index (χ1n) is 8.89. The van der Waals surface area contributed by atoms with Crippen molar-refractivity contribution < 1.29 is 22.3 Å². The molecule has 1 aliphatic rings. The van der Waals surface area contributed by atoms with E-state index < -0.39 is 6.10 Å². The van der Waals surface area contributed by atoms with Crippen LogP contribution in [0.2, 0.25) is 0 Å². The lowest BCUT2D eigenvalue weighted by Crippen LogP contribution is -3.00. The highest BCUT2D eigenvalue weighted by molar-refractivity contribution is 5.39. The van der Waals surface area contributed by atoms with Gasteiger partial charge < -0.3 is 27.2 Å². The van der Waals surface area contributed by atoms with Crippen LogP contribution in [0.25, 0.3) is 0 Å². The standard InChI is InChI=1S/C20H27N3O2.ClH/c1-16-6-5-7-19(17(16)2)25-15-18(24)14-22-10-12-23(13-11-22)20-8-3-4-9-21-20;/h3-9,18,24H,10-15H2,1-2H3;1H/p-1. The lowest BCUT2D eigenvalue weighted by Gasteiger charge is -2.36. The molecule has 1 atom stereocenters. The van der Waals surface area contributed by atoms with Crippen LogP contribution < -0.4 is 22.0 Å². The van der Waals surface area contributed by atoms with Gasteiger partial charge in [-0.1, -0.05) is 18.2 Å². The molecule has 1 N–H and O–H groups in total. The molecular weight excluding hydrogens is 350 g/mol. The third-order valence-electron chi connectivity index (χ3n) is 4.80. The quantitative estimate of drug-likeness (QED) is 0.720. The molecule has 0 bridgehead atoms. The van der Waals surface area contributed by atoms with Crippen LogP contribution in [0.3, 0.4) is 0 Å². The van der Waals surface area contributed by atoms with Crippen LogP contribution in [0.15, 0.2) is 42.6 Å². The van der Waals surface area contributed by atoms with Crippen molar-refractivity contribution >= 4 is 5.82 Å². The smallest absolute Gasteiger partial charge is 0.128 e. The van der Waals surface area contributed by atoms with Crippen molar-refractivity contribution in [2.75, 3.05) is 44.2 Å². The number of halogens is 1. The van der Waals surface area contributed by atoms with Gasteiger partial charge in [-0.3, -0.25) is 4.90 Å². The molecule has 1 aliphatic heterocycles. The van der Waals surface area contributed by atoms with Crippen LogP contribution in [-0.2, 0) is 0 Å². The van der Waals surface area contributed by atoms with Crippen LogP contribution >= 0.6 is 0 Å². The van der Waals surface area contributed by atoms with E-state index in [0.29, 0.717) is 13.2 Å². The van der Waals surface area contributed by atoms with Gasteiger partial charge in [0, 0.05) is 38.9 Å². The van der Waals surface area contributed by atoms with Crippen molar-refractivity contribution in [2.24, 2.45) is 0 Å². The van der Waals surface area contributed by atoms with E-state index in [0.717, 1.165) is 43.3 Å². The molecular formula is C20H27ClN3O2-. The number of pyridine rings is 1. The molecule has 6 heteroatoms. The molecule has 1 saturated heterocycles. The minimum Gasteiger partial charge on any atom is -1.00 e. The van der Waals surface area contributed by atoms with Crippen molar-refractivity contribution in [1.29, 1.82) is 0 Å².